The van der Waals surface area contributed by atoms with Crippen molar-refractivity contribution in [3.63, 3.8) is 0 Å². The third kappa shape index (κ3) is 8.00. The second kappa shape index (κ2) is 7.97. The van der Waals surface area contributed by atoms with E-state index in [2.05, 4.69) is 5.73 Å². The minimum Gasteiger partial charge on any atom is -0.396 e. The Bertz CT molecular complexity index is 247. The van der Waals surface area contributed by atoms with Crippen LogP contribution in [0.3, 0.4) is 0 Å². The molecule has 0 amide bonds. The quantitative estimate of drug-likeness (QED) is 0.508. The van der Waals surface area contributed by atoms with E-state index in [1.807, 2.05) is 0 Å². The maximum Gasteiger partial charge on any atom is 0.277 e. The molecule has 0 saturated heterocycles. The van der Waals surface area contributed by atoms with E-state index in [1.54, 1.807) is 0 Å². The molecule has 1 aliphatic carbocycles. The Morgan fingerprint density at radius 2 is 1.25 bits per heavy atom. The van der Waals surface area contributed by atoms with E-state index in [9.17, 15) is 8.42 Å². The van der Waals surface area contributed by atoms with E-state index in [0.29, 0.717) is 25.0 Å². The monoisotopic (exact) mass is 255 g/mol. The number of aliphatic hydroxyl groups is 2. The fraction of sp³-hybridized carbons (Fsp3) is 1.00. The van der Waals surface area contributed by atoms with Crippen molar-refractivity contribution >= 4 is 10.1 Å². The summed E-state index contributed by atoms with van der Waals surface area (Å²) in [6.07, 6.45) is 4.40. The molecule has 0 bridgehead atoms. The Balaban J connectivity index is 0.000000325. The van der Waals surface area contributed by atoms with Gasteiger partial charge in [-0.3, -0.25) is 4.55 Å². The second-order valence-electron chi connectivity index (χ2n) is 4.00. The van der Waals surface area contributed by atoms with Crippen molar-refractivity contribution in [1.29, 1.82) is 0 Å². The van der Waals surface area contributed by atoms with E-state index in [4.69, 9.17) is 14.8 Å². The van der Waals surface area contributed by atoms with Crippen molar-refractivity contribution in [2.45, 2.75) is 25.7 Å². The van der Waals surface area contributed by atoms with Gasteiger partial charge in [0, 0.05) is 13.2 Å². The summed E-state index contributed by atoms with van der Waals surface area (Å²) in [5.74, 6) is 0.332. The topological polar surface area (TPSA) is 121 Å². The van der Waals surface area contributed by atoms with Gasteiger partial charge in [0.05, 0.1) is 0 Å². The van der Waals surface area contributed by atoms with E-state index in [0.717, 1.165) is 25.7 Å². The Kier molecular flexibility index (Phi) is 7.86. The molecule has 0 heterocycles. The summed E-state index contributed by atoms with van der Waals surface area (Å²) in [5.41, 5.74) is 4.47. The lowest BCUT2D eigenvalue weighted by atomic mass is 9.83. The highest BCUT2D eigenvalue weighted by atomic mass is 32.2. The predicted octanol–water partition coefficient (Wildman–Crippen LogP) is -0.432. The summed E-state index contributed by atoms with van der Waals surface area (Å²) in [4.78, 5) is 0. The molecular formula is C9H21NO5S. The molecule has 0 spiro atoms. The molecule has 0 aromatic carbocycles. The second-order valence-corrected chi connectivity index (χ2v) is 5.50. The highest BCUT2D eigenvalue weighted by Crippen LogP contribution is 2.27. The molecule has 5 N–H and O–H groups in total. The summed E-state index contributed by atoms with van der Waals surface area (Å²) >= 11 is 0. The van der Waals surface area contributed by atoms with Crippen LogP contribution in [0.25, 0.3) is 0 Å². The molecule has 98 valence electrons. The highest BCUT2D eigenvalue weighted by molar-refractivity contribution is 7.85. The predicted molar refractivity (Wildman–Crippen MR) is 60.2 cm³/mol. The fourth-order valence-corrected chi connectivity index (χ4v) is 1.60. The van der Waals surface area contributed by atoms with E-state index >= 15 is 0 Å². The molecule has 0 aromatic rings. The molecule has 1 aliphatic rings. The largest absolute Gasteiger partial charge is 0.396 e. The van der Waals surface area contributed by atoms with Gasteiger partial charge in [0.1, 0.15) is 5.88 Å². The van der Waals surface area contributed by atoms with Crippen LogP contribution in [-0.2, 0) is 10.1 Å². The Hall–Kier alpha value is -0.210. The molecule has 0 atom stereocenters. The van der Waals surface area contributed by atoms with Crippen LogP contribution in [0.5, 0.6) is 0 Å². The lowest BCUT2D eigenvalue weighted by Gasteiger charge is -2.25. The third-order valence-corrected chi connectivity index (χ3v) is 3.11. The molecule has 0 aromatic heterocycles. The lowest BCUT2D eigenvalue weighted by molar-refractivity contribution is 0.131. The zero-order chi connectivity index (χ0) is 12.6. The molecule has 0 aliphatic heterocycles. The number of rotatable bonds is 3. The first-order chi connectivity index (χ1) is 7.42. The maximum absolute atomic E-state index is 9.43. The Labute approximate surface area is 96.2 Å². The van der Waals surface area contributed by atoms with Crippen LogP contribution in [0.15, 0.2) is 0 Å². The van der Waals surface area contributed by atoms with Crippen molar-refractivity contribution in [3.05, 3.63) is 0 Å². The van der Waals surface area contributed by atoms with Crippen LogP contribution in [-0.4, -0.2) is 42.3 Å². The summed E-state index contributed by atoms with van der Waals surface area (Å²) in [6.45, 7) is 0.663. The van der Waals surface area contributed by atoms with Gasteiger partial charge < -0.3 is 15.9 Å². The minimum atomic E-state index is -3.88. The van der Waals surface area contributed by atoms with Crippen LogP contribution in [0.4, 0.5) is 0 Å². The Morgan fingerprint density at radius 1 is 1.00 bits per heavy atom. The van der Waals surface area contributed by atoms with Crippen molar-refractivity contribution < 1.29 is 23.2 Å². The molecule has 1 fully saturated rings. The van der Waals surface area contributed by atoms with Gasteiger partial charge in [-0.1, -0.05) is 0 Å². The van der Waals surface area contributed by atoms with Crippen molar-refractivity contribution in [2.24, 2.45) is 17.6 Å². The summed E-state index contributed by atoms with van der Waals surface area (Å²) in [7, 11) is -3.88. The maximum atomic E-state index is 9.43. The average Bonchev–Trinajstić information content (AvgIpc) is 2.29. The summed E-state index contributed by atoms with van der Waals surface area (Å²) in [5, 5.41) is 17.6. The van der Waals surface area contributed by atoms with Crippen LogP contribution in [0.2, 0.25) is 0 Å². The van der Waals surface area contributed by atoms with Gasteiger partial charge in [-0.05, 0) is 37.5 Å². The zero-order valence-corrected chi connectivity index (χ0v) is 10.1. The summed E-state index contributed by atoms with van der Waals surface area (Å²) < 4.78 is 26.5. The number of hydrogen-bond acceptors (Lipinski definition) is 5. The molecule has 1 rings (SSSR count). The van der Waals surface area contributed by atoms with Crippen LogP contribution >= 0.6 is 0 Å². The number of hydrogen-bond donors (Lipinski definition) is 4. The van der Waals surface area contributed by atoms with Gasteiger partial charge in [0.25, 0.3) is 10.1 Å². The molecule has 16 heavy (non-hydrogen) atoms. The number of nitrogens with two attached hydrogens (primary N) is 1. The van der Waals surface area contributed by atoms with Crippen molar-refractivity contribution in [3.8, 4) is 0 Å². The van der Waals surface area contributed by atoms with Crippen molar-refractivity contribution in [2.75, 3.05) is 19.1 Å². The first-order valence-corrected chi connectivity index (χ1v) is 6.90. The molecule has 0 unspecified atom stereocenters. The van der Waals surface area contributed by atoms with Crippen LogP contribution < -0.4 is 5.73 Å². The van der Waals surface area contributed by atoms with Gasteiger partial charge in [0.2, 0.25) is 0 Å². The first-order valence-electron chi connectivity index (χ1n) is 5.29. The molecular weight excluding hydrogens is 234 g/mol. The van der Waals surface area contributed by atoms with Crippen molar-refractivity contribution in [1.82, 2.24) is 0 Å². The average molecular weight is 255 g/mol. The highest BCUT2D eigenvalue weighted by Gasteiger charge is 2.19. The molecule has 6 nitrogen and oxygen atoms in total. The third-order valence-electron chi connectivity index (χ3n) is 2.69. The minimum absolute atomic E-state index is 0.331. The van der Waals surface area contributed by atoms with Gasteiger partial charge in [-0.2, -0.15) is 8.42 Å². The van der Waals surface area contributed by atoms with Gasteiger partial charge in [-0.15, -0.1) is 0 Å². The lowest BCUT2D eigenvalue weighted by Crippen LogP contribution is -2.19. The van der Waals surface area contributed by atoms with E-state index in [-0.39, 0.29) is 0 Å². The van der Waals surface area contributed by atoms with Crippen LogP contribution in [0, 0.1) is 11.8 Å². The van der Waals surface area contributed by atoms with Gasteiger partial charge in [0.15, 0.2) is 0 Å². The fourth-order valence-electron chi connectivity index (χ4n) is 1.60. The van der Waals surface area contributed by atoms with Gasteiger partial charge in [-0.25, -0.2) is 0 Å². The zero-order valence-electron chi connectivity index (χ0n) is 9.25. The smallest absolute Gasteiger partial charge is 0.277 e. The summed E-state index contributed by atoms with van der Waals surface area (Å²) in [6, 6.07) is 0. The molecule has 7 heteroatoms. The van der Waals surface area contributed by atoms with E-state index in [1.165, 1.54) is 0 Å². The first kappa shape index (κ1) is 15.8. The SMILES string of the molecule is NCS(=O)(=O)O.OCC1CCC(CO)CC1. The number of aliphatic hydroxyl groups excluding tert-OH is 2. The Morgan fingerprint density at radius 3 is 1.38 bits per heavy atom. The standard InChI is InChI=1S/C8H16O2.CH5NO3S/c9-5-7-1-2-8(6-10)4-3-7;2-1-6(3,4)5/h7-10H,1-6H2;1-2H2,(H,3,4,5). The van der Waals surface area contributed by atoms with E-state index < -0.39 is 16.0 Å². The van der Waals surface area contributed by atoms with Gasteiger partial charge >= 0.3 is 0 Å². The van der Waals surface area contributed by atoms with Crippen LogP contribution in [0.1, 0.15) is 25.7 Å². The normalized spacial score (nSPS) is 25.8. The molecule has 1 saturated carbocycles. The molecule has 0 radical (unpaired) electrons.